The summed E-state index contributed by atoms with van der Waals surface area (Å²) in [4.78, 5) is 0. The molecule has 0 fully saturated rings. The number of halogens is 1. The lowest BCUT2D eigenvalue weighted by Gasteiger charge is -2.04. The molecule has 0 N–H and O–H groups in total. The van der Waals surface area contributed by atoms with Crippen LogP contribution in [-0.2, 0) is 0 Å². The Bertz CT molecular complexity index is 230. The fourth-order valence-electron chi connectivity index (χ4n) is 1.07. The van der Waals surface area contributed by atoms with E-state index in [1.54, 1.807) is 0 Å². The Balaban J connectivity index is 2.25. The molecule has 0 bridgehead atoms. The fraction of sp³-hybridized carbons (Fsp3) is 0.455. The van der Waals surface area contributed by atoms with Gasteiger partial charge in [0.05, 0.1) is 6.61 Å². The second-order valence-corrected chi connectivity index (χ2v) is 3.45. The van der Waals surface area contributed by atoms with Gasteiger partial charge < -0.3 is 4.74 Å². The van der Waals surface area contributed by atoms with E-state index in [0.29, 0.717) is 0 Å². The summed E-state index contributed by atoms with van der Waals surface area (Å²) in [6.45, 7) is 2.98. The third-order valence-electron chi connectivity index (χ3n) is 1.83. The molecule has 0 saturated carbocycles. The zero-order valence-electron chi connectivity index (χ0n) is 7.92. The molecular formula is C11H15ClO. The van der Waals surface area contributed by atoms with Crippen LogP contribution in [0, 0.1) is 0 Å². The maximum Gasteiger partial charge on any atom is 0.119 e. The van der Waals surface area contributed by atoms with Gasteiger partial charge in [-0.2, -0.15) is 0 Å². The average molecular weight is 199 g/mol. The summed E-state index contributed by atoms with van der Waals surface area (Å²) in [5, 5.41) is 0.751. The zero-order chi connectivity index (χ0) is 9.52. The second-order valence-electron chi connectivity index (χ2n) is 3.01. The number of rotatable bonds is 5. The van der Waals surface area contributed by atoms with Gasteiger partial charge in [0.25, 0.3) is 0 Å². The molecule has 0 aliphatic carbocycles. The first-order valence-corrected chi connectivity index (χ1v) is 5.09. The first-order valence-electron chi connectivity index (χ1n) is 4.71. The van der Waals surface area contributed by atoms with Crippen molar-refractivity contribution in [2.24, 2.45) is 0 Å². The van der Waals surface area contributed by atoms with E-state index in [-0.39, 0.29) is 0 Å². The van der Waals surface area contributed by atoms with E-state index < -0.39 is 0 Å². The Kier molecular flexibility index (Phi) is 4.69. The Morgan fingerprint density at radius 1 is 1.15 bits per heavy atom. The first-order chi connectivity index (χ1) is 6.33. The summed E-state index contributed by atoms with van der Waals surface area (Å²) in [6, 6.07) is 7.48. The van der Waals surface area contributed by atoms with Crippen LogP contribution in [0.5, 0.6) is 5.75 Å². The standard InChI is InChI=1S/C11H15ClO/c1-2-3-4-9-13-11-7-5-10(12)6-8-11/h5-8H,2-4,9H2,1H3. The average Bonchev–Trinajstić information content (AvgIpc) is 2.15. The van der Waals surface area contributed by atoms with Crippen molar-refractivity contribution < 1.29 is 4.74 Å². The Labute approximate surface area is 84.7 Å². The Morgan fingerprint density at radius 3 is 2.46 bits per heavy atom. The summed E-state index contributed by atoms with van der Waals surface area (Å²) < 4.78 is 5.50. The third-order valence-corrected chi connectivity index (χ3v) is 2.08. The topological polar surface area (TPSA) is 9.23 Å². The van der Waals surface area contributed by atoms with Crippen molar-refractivity contribution in [2.75, 3.05) is 6.61 Å². The van der Waals surface area contributed by atoms with Crippen molar-refractivity contribution in [1.29, 1.82) is 0 Å². The highest BCUT2D eigenvalue weighted by molar-refractivity contribution is 6.30. The molecule has 2 heteroatoms. The monoisotopic (exact) mass is 198 g/mol. The van der Waals surface area contributed by atoms with Crippen LogP contribution in [0.25, 0.3) is 0 Å². The SMILES string of the molecule is CCCCCOc1ccc(Cl)cc1. The molecule has 0 saturated heterocycles. The van der Waals surface area contributed by atoms with Crippen LogP contribution in [-0.4, -0.2) is 6.61 Å². The van der Waals surface area contributed by atoms with Crippen LogP contribution in [0.15, 0.2) is 24.3 Å². The van der Waals surface area contributed by atoms with E-state index in [1.165, 1.54) is 12.8 Å². The van der Waals surface area contributed by atoms with Gasteiger partial charge in [0.15, 0.2) is 0 Å². The van der Waals surface area contributed by atoms with Gasteiger partial charge in [0.1, 0.15) is 5.75 Å². The molecular weight excluding hydrogens is 184 g/mol. The van der Waals surface area contributed by atoms with Gasteiger partial charge >= 0.3 is 0 Å². The van der Waals surface area contributed by atoms with E-state index in [9.17, 15) is 0 Å². The van der Waals surface area contributed by atoms with Gasteiger partial charge in [-0.25, -0.2) is 0 Å². The molecule has 0 aliphatic rings. The van der Waals surface area contributed by atoms with Crippen molar-refractivity contribution in [3.05, 3.63) is 29.3 Å². The minimum absolute atomic E-state index is 0.751. The Morgan fingerprint density at radius 2 is 1.85 bits per heavy atom. The van der Waals surface area contributed by atoms with Gasteiger partial charge in [-0.1, -0.05) is 31.4 Å². The van der Waals surface area contributed by atoms with Crippen LogP contribution in [0.2, 0.25) is 5.02 Å². The number of unbranched alkanes of at least 4 members (excludes halogenated alkanes) is 2. The Hall–Kier alpha value is -0.690. The van der Waals surface area contributed by atoms with E-state index in [0.717, 1.165) is 23.8 Å². The lowest BCUT2D eigenvalue weighted by molar-refractivity contribution is 0.306. The molecule has 0 radical (unpaired) electrons. The van der Waals surface area contributed by atoms with Crippen LogP contribution in [0.4, 0.5) is 0 Å². The highest BCUT2D eigenvalue weighted by atomic mass is 35.5. The van der Waals surface area contributed by atoms with Gasteiger partial charge in [0, 0.05) is 5.02 Å². The van der Waals surface area contributed by atoms with Gasteiger partial charge in [-0.05, 0) is 30.7 Å². The zero-order valence-corrected chi connectivity index (χ0v) is 8.68. The lowest BCUT2D eigenvalue weighted by atomic mass is 10.3. The van der Waals surface area contributed by atoms with Gasteiger partial charge in [-0.15, -0.1) is 0 Å². The summed E-state index contributed by atoms with van der Waals surface area (Å²) in [6.07, 6.45) is 3.58. The van der Waals surface area contributed by atoms with Crippen LogP contribution in [0.1, 0.15) is 26.2 Å². The predicted octanol–water partition coefficient (Wildman–Crippen LogP) is 3.91. The number of hydrogen-bond acceptors (Lipinski definition) is 1. The van der Waals surface area contributed by atoms with E-state index in [1.807, 2.05) is 24.3 Å². The maximum atomic E-state index is 5.74. The van der Waals surface area contributed by atoms with Crippen molar-refractivity contribution in [1.82, 2.24) is 0 Å². The predicted molar refractivity (Wildman–Crippen MR) is 56.5 cm³/mol. The molecule has 0 aliphatic heterocycles. The van der Waals surface area contributed by atoms with Crippen molar-refractivity contribution in [3.63, 3.8) is 0 Å². The third kappa shape index (κ3) is 4.18. The summed E-state index contributed by atoms with van der Waals surface area (Å²) in [5.74, 6) is 0.903. The van der Waals surface area contributed by atoms with Crippen LogP contribution in [0.3, 0.4) is 0 Å². The van der Waals surface area contributed by atoms with Crippen molar-refractivity contribution >= 4 is 11.6 Å². The molecule has 1 nitrogen and oxygen atoms in total. The lowest BCUT2D eigenvalue weighted by Crippen LogP contribution is -1.96. The van der Waals surface area contributed by atoms with Crippen LogP contribution >= 0.6 is 11.6 Å². The van der Waals surface area contributed by atoms with Crippen LogP contribution < -0.4 is 4.74 Å². The van der Waals surface area contributed by atoms with Gasteiger partial charge in [-0.3, -0.25) is 0 Å². The highest BCUT2D eigenvalue weighted by Gasteiger charge is 1.92. The molecule has 0 atom stereocenters. The molecule has 1 rings (SSSR count). The number of ether oxygens (including phenoxy) is 1. The maximum absolute atomic E-state index is 5.74. The number of benzene rings is 1. The van der Waals surface area contributed by atoms with E-state index >= 15 is 0 Å². The minimum atomic E-state index is 0.751. The van der Waals surface area contributed by atoms with Gasteiger partial charge in [0.2, 0.25) is 0 Å². The van der Waals surface area contributed by atoms with Crippen molar-refractivity contribution in [3.8, 4) is 5.75 Å². The molecule has 1 aromatic rings. The summed E-state index contributed by atoms with van der Waals surface area (Å²) >= 11 is 5.74. The molecule has 0 spiro atoms. The quantitative estimate of drug-likeness (QED) is 0.652. The minimum Gasteiger partial charge on any atom is -0.494 e. The van der Waals surface area contributed by atoms with Crippen molar-refractivity contribution in [2.45, 2.75) is 26.2 Å². The first kappa shape index (κ1) is 10.4. The smallest absolute Gasteiger partial charge is 0.119 e. The second kappa shape index (κ2) is 5.87. The number of hydrogen-bond donors (Lipinski definition) is 0. The highest BCUT2D eigenvalue weighted by Crippen LogP contribution is 2.15. The fourth-order valence-corrected chi connectivity index (χ4v) is 1.20. The molecule has 0 aromatic heterocycles. The summed E-state index contributed by atoms with van der Waals surface area (Å²) in [5.41, 5.74) is 0. The molecule has 13 heavy (non-hydrogen) atoms. The molecule has 0 heterocycles. The molecule has 72 valence electrons. The molecule has 1 aromatic carbocycles. The normalized spacial score (nSPS) is 10.0. The van der Waals surface area contributed by atoms with E-state index in [2.05, 4.69) is 6.92 Å². The molecule has 0 unspecified atom stereocenters. The summed E-state index contributed by atoms with van der Waals surface area (Å²) in [7, 11) is 0. The molecule has 0 amide bonds. The largest absolute Gasteiger partial charge is 0.494 e. The van der Waals surface area contributed by atoms with E-state index in [4.69, 9.17) is 16.3 Å².